The van der Waals surface area contributed by atoms with Gasteiger partial charge in [-0.3, -0.25) is 4.79 Å². The molecular formula is C21H18ClNO2. The molecule has 0 saturated carbocycles. The minimum absolute atomic E-state index is 0.113. The summed E-state index contributed by atoms with van der Waals surface area (Å²) >= 11 is 6.07. The lowest BCUT2D eigenvalue weighted by atomic mass is 10.1. The topological polar surface area (TPSA) is 38.3 Å². The van der Waals surface area contributed by atoms with Gasteiger partial charge in [0.2, 0.25) is 5.91 Å². The zero-order chi connectivity index (χ0) is 17.5. The first kappa shape index (κ1) is 17.1. The number of amides is 1. The summed E-state index contributed by atoms with van der Waals surface area (Å²) in [7, 11) is 0. The Hall–Kier alpha value is -2.78. The summed E-state index contributed by atoms with van der Waals surface area (Å²) in [6.45, 7) is 0.421. The molecule has 0 aliphatic heterocycles. The van der Waals surface area contributed by atoms with Crippen LogP contribution >= 0.6 is 11.6 Å². The first-order chi connectivity index (χ1) is 12.2. The van der Waals surface area contributed by atoms with Gasteiger partial charge >= 0.3 is 0 Å². The number of benzene rings is 3. The Bertz CT molecular complexity index is 835. The number of anilines is 1. The molecule has 3 aromatic carbocycles. The third-order valence-electron chi connectivity index (χ3n) is 3.66. The minimum Gasteiger partial charge on any atom is -0.487 e. The molecule has 0 fully saturated rings. The van der Waals surface area contributed by atoms with Gasteiger partial charge in [0.05, 0.1) is 12.1 Å². The van der Waals surface area contributed by atoms with E-state index in [1.807, 2.05) is 60.7 Å². The molecule has 4 heteroatoms. The van der Waals surface area contributed by atoms with Crippen LogP contribution in [0, 0.1) is 0 Å². The summed E-state index contributed by atoms with van der Waals surface area (Å²) in [5.74, 6) is 0.479. The van der Waals surface area contributed by atoms with E-state index in [4.69, 9.17) is 16.3 Å². The van der Waals surface area contributed by atoms with Crippen LogP contribution in [0.25, 0.3) is 0 Å². The second kappa shape index (κ2) is 8.36. The van der Waals surface area contributed by atoms with Crippen molar-refractivity contribution in [3.05, 3.63) is 95.0 Å². The lowest BCUT2D eigenvalue weighted by molar-refractivity contribution is -0.115. The van der Waals surface area contributed by atoms with Gasteiger partial charge in [-0.25, -0.2) is 0 Å². The smallest absolute Gasteiger partial charge is 0.228 e. The predicted molar refractivity (Wildman–Crippen MR) is 101 cm³/mol. The highest BCUT2D eigenvalue weighted by atomic mass is 35.5. The normalized spacial score (nSPS) is 10.3. The molecule has 1 amide bonds. The maximum Gasteiger partial charge on any atom is 0.228 e. The van der Waals surface area contributed by atoms with Gasteiger partial charge in [0.1, 0.15) is 12.4 Å². The number of carbonyl (C=O) groups excluding carboxylic acids is 1. The Morgan fingerprint density at radius 1 is 0.880 bits per heavy atom. The van der Waals surface area contributed by atoms with Crippen LogP contribution in [0.4, 0.5) is 5.69 Å². The molecule has 0 atom stereocenters. The molecule has 3 aromatic rings. The summed E-state index contributed by atoms with van der Waals surface area (Å²) in [6.07, 6.45) is 0.297. The van der Waals surface area contributed by atoms with Crippen LogP contribution < -0.4 is 10.1 Å². The third-order valence-corrected chi connectivity index (χ3v) is 3.90. The molecule has 0 heterocycles. The Morgan fingerprint density at radius 2 is 1.52 bits per heavy atom. The fourth-order valence-electron chi connectivity index (χ4n) is 2.44. The summed E-state index contributed by atoms with van der Waals surface area (Å²) in [5.41, 5.74) is 2.58. The van der Waals surface area contributed by atoms with Gasteiger partial charge in [0.25, 0.3) is 0 Å². The van der Waals surface area contributed by atoms with E-state index in [-0.39, 0.29) is 5.91 Å². The number of hydrogen-bond donors (Lipinski definition) is 1. The van der Waals surface area contributed by atoms with Crippen LogP contribution in [-0.4, -0.2) is 5.91 Å². The van der Waals surface area contributed by atoms with E-state index in [0.29, 0.717) is 29.5 Å². The Balaban J connectivity index is 1.69. The molecule has 3 nitrogen and oxygen atoms in total. The maximum absolute atomic E-state index is 12.3. The number of rotatable bonds is 6. The first-order valence-electron chi connectivity index (χ1n) is 8.01. The lowest BCUT2D eigenvalue weighted by Crippen LogP contribution is -2.15. The van der Waals surface area contributed by atoms with Gasteiger partial charge in [-0.1, -0.05) is 72.3 Å². The van der Waals surface area contributed by atoms with Crippen molar-refractivity contribution in [3.63, 3.8) is 0 Å². The van der Waals surface area contributed by atoms with Crippen LogP contribution in [0.1, 0.15) is 11.1 Å². The molecule has 3 rings (SSSR count). The Labute approximate surface area is 152 Å². The number of halogens is 1. The van der Waals surface area contributed by atoms with Gasteiger partial charge in [0.15, 0.2) is 0 Å². The quantitative estimate of drug-likeness (QED) is 0.671. The summed E-state index contributed by atoms with van der Waals surface area (Å²) < 4.78 is 5.86. The van der Waals surface area contributed by atoms with Crippen LogP contribution in [-0.2, 0) is 17.8 Å². The molecule has 0 saturated heterocycles. The van der Waals surface area contributed by atoms with Crippen molar-refractivity contribution in [1.29, 1.82) is 0 Å². The molecule has 0 bridgehead atoms. The zero-order valence-corrected chi connectivity index (χ0v) is 14.4. The first-order valence-corrected chi connectivity index (χ1v) is 8.38. The summed E-state index contributed by atoms with van der Waals surface area (Å²) in [5, 5.41) is 3.43. The SMILES string of the molecule is O=C(Cc1ccccc1)Nc1cc(Cl)ccc1OCc1ccccc1. The fraction of sp³-hybridized carbons (Fsp3) is 0.0952. The number of carbonyl (C=O) groups is 1. The van der Waals surface area contributed by atoms with Gasteiger partial charge in [-0.05, 0) is 29.3 Å². The van der Waals surface area contributed by atoms with E-state index in [1.165, 1.54) is 0 Å². The molecule has 126 valence electrons. The van der Waals surface area contributed by atoms with Crippen LogP contribution in [0.5, 0.6) is 5.75 Å². The van der Waals surface area contributed by atoms with Crippen LogP contribution in [0.15, 0.2) is 78.9 Å². The molecule has 0 aromatic heterocycles. The lowest BCUT2D eigenvalue weighted by Gasteiger charge is -2.13. The summed E-state index contributed by atoms with van der Waals surface area (Å²) in [4.78, 5) is 12.3. The highest BCUT2D eigenvalue weighted by molar-refractivity contribution is 6.31. The highest BCUT2D eigenvalue weighted by Crippen LogP contribution is 2.29. The second-order valence-electron chi connectivity index (χ2n) is 5.63. The van der Waals surface area contributed by atoms with Crippen molar-refractivity contribution in [2.75, 3.05) is 5.32 Å². The molecule has 25 heavy (non-hydrogen) atoms. The number of ether oxygens (including phenoxy) is 1. The number of hydrogen-bond acceptors (Lipinski definition) is 2. The van der Waals surface area contributed by atoms with Gasteiger partial charge in [-0.15, -0.1) is 0 Å². The highest BCUT2D eigenvalue weighted by Gasteiger charge is 2.10. The van der Waals surface area contributed by atoms with E-state index in [1.54, 1.807) is 18.2 Å². The summed E-state index contributed by atoms with van der Waals surface area (Å²) in [6, 6.07) is 24.7. The van der Waals surface area contributed by atoms with E-state index in [9.17, 15) is 4.79 Å². The van der Waals surface area contributed by atoms with Gasteiger partial charge in [-0.2, -0.15) is 0 Å². The largest absolute Gasteiger partial charge is 0.487 e. The van der Waals surface area contributed by atoms with Crippen molar-refractivity contribution in [3.8, 4) is 5.75 Å². The average molecular weight is 352 g/mol. The molecule has 1 N–H and O–H groups in total. The van der Waals surface area contributed by atoms with Crippen LogP contribution in [0.2, 0.25) is 5.02 Å². The van der Waals surface area contributed by atoms with Crippen molar-refractivity contribution < 1.29 is 9.53 Å². The number of nitrogens with one attached hydrogen (secondary N) is 1. The molecule has 0 spiro atoms. The van der Waals surface area contributed by atoms with Crippen molar-refractivity contribution in [1.82, 2.24) is 0 Å². The van der Waals surface area contributed by atoms with E-state index >= 15 is 0 Å². The zero-order valence-electron chi connectivity index (χ0n) is 13.6. The average Bonchev–Trinajstić information content (AvgIpc) is 2.63. The monoisotopic (exact) mass is 351 g/mol. The standard InChI is InChI=1S/C21H18ClNO2/c22-18-11-12-20(25-15-17-9-5-2-6-10-17)19(14-18)23-21(24)13-16-7-3-1-4-8-16/h1-12,14H,13,15H2,(H,23,24). The molecule has 0 unspecified atom stereocenters. The second-order valence-corrected chi connectivity index (χ2v) is 6.06. The molecular weight excluding hydrogens is 334 g/mol. The molecule has 0 aliphatic carbocycles. The van der Waals surface area contributed by atoms with E-state index < -0.39 is 0 Å². The van der Waals surface area contributed by atoms with E-state index in [0.717, 1.165) is 11.1 Å². The van der Waals surface area contributed by atoms with Gasteiger partial charge < -0.3 is 10.1 Å². The Morgan fingerprint density at radius 3 is 2.20 bits per heavy atom. The Kier molecular flexibility index (Phi) is 5.70. The van der Waals surface area contributed by atoms with Crippen molar-refractivity contribution >= 4 is 23.2 Å². The molecule has 0 radical (unpaired) electrons. The maximum atomic E-state index is 12.3. The fourth-order valence-corrected chi connectivity index (χ4v) is 2.61. The molecule has 0 aliphatic rings. The minimum atomic E-state index is -0.113. The van der Waals surface area contributed by atoms with E-state index in [2.05, 4.69) is 5.32 Å². The van der Waals surface area contributed by atoms with Crippen LogP contribution in [0.3, 0.4) is 0 Å². The van der Waals surface area contributed by atoms with Gasteiger partial charge in [0, 0.05) is 5.02 Å². The third kappa shape index (κ3) is 5.10. The van der Waals surface area contributed by atoms with Crippen molar-refractivity contribution in [2.45, 2.75) is 13.0 Å². The van der Waals surface area contributed by atoms with Crippen molar-refractivity contribution in [2.24, 2.45) is 0 Å². The predicted octanol–water partition coefficient (Wildman–Crippen LogP) is 5.10.